The Morgan fingerprint density at radius 1 is 1.00 bits per heavy atom. The Morgan fingerprint density at radius 3 is 2.20 bits per heavy atom. The van der Waals surface area contributed by atoms with Crippen molar-refractivity contribution in [3.05, 3.63) is 62.3 Å². The van der Waals surface area contributed by atoms with Gasteiger partial charge in [-0.2, -0.15) is 0 Å². The summed E-state index contributed by atoms with van der Waals surface area (Å²) < 4.78 is 18.5. The number of hydrogen-bond acceptors (Lipinski definition) is 2. The molecule has 0 aliphatic rings. The normalized spacial score (nSPS) is 10.7. The van der Waals surface area contributed by atoms with Crippen LogP contribution in [0.1, 0.15) is 11.1 Å². The van der Waals surface area contributed by atoms with Gasteiger partial charge in [0.25, 0.3) is 0 Å². The second kappa shape index (κ2) is 6.64. The number of benzene rings is 2. The molecule has 0 radical (unpaired) electrons. The largest absolute Gasteiger partial charge is 0.486 e. The summed E-state index contributed by atoms with van der Waals surface area (Å²) in [6.45, 7) is -0.0550. The monoisotopic (exact) mass is 334 g/mol. The first-order valence-electron chi connectivity index (χ1n) is 5.66. The average molecular weight is 336 g/mol. The molecule has 6 heteroatoms. The molecule has 0 saturated heterocycles. The highest BCUT2D eigenvalue weighted by Crippen LogP contribution is 2.35. The molecule has 0 amide bonds. The van der Waals surface area contributed by atoms with E-state index < -0.39 is 5.82 Å². The maximum absolute atomic E-state index is 12.9. The molecule has 1 N–H and O–H groups in total. The molecule has 2 aromatic rings. The highest BCUT2D eigenvalue weighted by atomic mass is 35.5. The van der Waals surface area contributed by atoms with E-state index in [-0.39, 0.29) is 18.2 Å². The fraction of sp³-hybridized carbons (Fsp3) is 0.143. The fourth-order valence-electron chi connectivity index (χ4n) is 1.63. The van der Waals surface area contributed by atoms with Gasteiger partial charge in [0.1, 0.15) is 12.4 Å². The summed E-state index contributed by atoms with van der Waals surface area (Å²) >= 11 is 18.0. The third-order valence-electron chi connectivity index (χ3n) is 2.63. The molecule has 0 aliphatic carbocycles. The van der Waals surface area contributed by atoms with Gasteiger partial charge in [0.05, 0.1) is 21.7 Å². The van der Waals surface area contributed by atoms with Crippen LogP contribution in [0.3, 0.4) is 0 Å². The zero-order valence-electron chi connectivity index (χ0n) is 10.2. The maximum Gasteiger partial charge on any atom is 0.156 e. The van der Waals surface area contributed by atoms with Gasteiger partial charge in [-0.25, -0.2) is 4.39 Å². The predicted molar refractivity (Wildman–Crippen MR) is 78.1 cm³/mol. The minimum absolute atomic E-state index is 0.108. The van der Waals surface area contributed by atoms with Crippen molar-refractivity contribution in [2.45, 2.75) is 13.2 Å². The van der Waals surface area contributed by atoms with Crippen LogP contribution < -0.4 is 4.74 Å². The maximum atomic E-state index is 12.9. The first kappa shape index (κ1) is 15.4. The molecule has 2 aromatic carbocycles. The van der Waals surface area contributed by atoms with Gasteiger partial charge >= 0.3 is 0 Å². The Morgan fingerprint density at radius 2 is 1.65 bits per heavy atom. The number of aliphatic hydroxyl groups is 1. The fourth-order valence-corrected chi connectivity index (χ4v) is 2.49. The van der Waals surface area contributed by atoms with E-state index in [1.807, 2.05) is 0 Å². The minimum atomic E-state index is -0.415. The van der Waals surface area contributed by atoms with Crippen molar-refractivity contribution in [1.82, 2.24) is 0 Å². The summed E-state index contributed by atoms with van der Waals surface area (Å²) in [5, 5.41) is 9.89. The number of hydrogen-bond donors (Lipinski definition) is 1. The molecule has 0 aromatic heterocycles. The molecule has 0 atom stereocenters. The second-order valence-corrected chi connectivity index (χ2v) is 5.29. The van der Waals surface area contributed by atoms with Gasteiger partial charge in [0.2, 0.25) is 0 Å². The lowest BCUT2D eigenvalue weighted by atomic mass is 10.2. The summed E-state index contributed by atoms with van der Waals surface area (Å²) in [5.74, 6) is -0.118. The summed E-state index contributed by atoms with van der Waals surface area (Å²) in [7, 11) is 0. The molecule has 0 bridgehead atoms. The minimum Gasteiger partial charge on any atom is -0.486 e. The number of halogens is 4. The molecule has 0 unspecified atom stereocenters. The molecule has 0 fully saturated rings. The van der Waals surface area contributed by atoms with Crippen LogP contribution in [0.15, 0.2) is 30.3 Å². The smallest absolute Gasteiger partial charge is 0.156 e. The van der Waals surface area contributed by atoms with E-state index >= 15 is 0 Å². The Bertz CT molecular complexity index is 609. The van der Waals surface area contributed by atoms with Crippen molar-refractivity contribution >= 4 is 34.8 Å². The van der Waals surface area contributed by atoms with Gasteiger partial charge in [0, 0.05) is 5.56 Å². The van der Waals surface area contributed by atoms with Crippen LogP contribution in [-0.2, 0) is 13.2 Å². The molecule has 0 aliphatic heterocycles. The number of rotatable bonds is 4. The Hall–Kier alpha value is -1.000. The van der Waals surface area contributed by atoms with Crippen LogP contribution in [0.5, 0.6) is 5.75 Å². The van der Waals surface area contributed by atoms with Gasteiger partial charge in [-0.3, -0.25) is 0 Å². The van der Waals surface area contributed by atoms with Crippen LogP contribution >= 0.6 is 34.8 Å². The van der Waals surface area contributed by atoms with Crippen molar-refractivity contribution < 1.29 is 14.2 Å². The number of aliphatic hydroxyl groups excluding tert-OH is 1. The van der Waals surface area contributed by atoms with E-state index in [1.165, 1.54) is 18.2 Å². The molecule has 106 valence electrons. The predicted octanol–water partition coefficient (Wildman–Crippen LogP) is 4.86. The first-order chi connectivity index (χ1) is 9.51. The molecule has 0 saturated carbocycles. The van der Waals surface area contributed by atoms with E-state index in [2.05, 4.69) is 0 Å². The van der Waals surface area contributed by atoms with Crippen molar-refractivity contribution in [2.24, 2.45) is 0 Å². The topological polar surface area (TPSA) is 29.5 Å². The third kappa shape index (κ3) is 3.55. The van der Waals surface area contributed by atoms with Crippen LogP contribution in [-0.4, -0.2) is 5.11 Å². The molecule has 2 rings (SSSR count). The Labute approximate surface area is 130 Å². The van der Waals surface area contributed by atoms with Crippen molar-refractivity contribution in [3.63, 3.8) is 0 Å². The van der Waals surface area contributed by atoms with E-state index in [1.54, 1.807) is 12.1 Å². The quantitative estimate of drug-likeness (QED) is 0.865. The van der Waals surface area contributed by atoms with E-state index in [4.69, 9.17) is 44.6 Å². The van der Waals surface area contributed by atoms with Crippen LogP contribution in [0.2, 0.25) is 15.1 Å². The van der Waals surface area contributed by atoms with Gasteiger partial charge in [-0.05, 0) is 29.8 Å². The summed E-state index contributed by atoms with van der Waals surface area (Å²) in [6.07, 6.45) is 0. The summed E-state index contributed by atoms with van der Waals surface area (Å²) in [4.78, 5) is 0. The van der Waals surface area contributed by atoms with Gasteiger partial charge < -0.3 is 9.84 Å². The standard InChI is InChI=1S/C14H10Cl3FO2/c15-11-5-10(18)2-1-9(11)7-20-14-12(16)3-8(6-19)4-13(14)17/h1-5,19H,6-7H2. The summed E-state index contributed by atoms with van der Waals surface area (Å²) in [6, 6.07) is 7.16. The van der Waals surface area contributed by atoms with Gasteiger partial charge in [-0.15, -0.1) is 0 Å². The lowest BCUT2D eigenvalue weighted by molar-refractivity contribution is 0.281. The van der Waals surface area contributed by atoms with E-state index in [9.17, 15) is 4.39 Å². The van der Waals surface area contributed by atoms with E-state index in [0.29, 0.717) is 26.9 Å². The zero-order valence-corrected chi connectivity index (χ0v) is 12.4. The molecule has 2 nitrogen and oxygen atoms in total. The Balaban J connectivity index is 2.19. The SMILES string of the molecule is OCc1cc(Cl)c(OCc2ccc(F)cc2Cl)c(Cl)c1. The van der Waals surface area contributed by atoms with Crippen LogP contribution in [0.4, 0.5) is 4.39 Å². The van der Waals surface area contributed by atoms with E-state index in [0.717, 1.165) is 0 Å². The molecular formula is C14H10Cl3FO2. The lowest BCUT2D eigenvalue weighted by Gasteiger charge is -2.12. The second-order valence-electron chi connectivity index (χ2n) is 4.07. The summed E-state index contributed by atoms with van der Waals surface area (Å²) in [5.41, 5.74) is 1.21. The molecular weight excluding hydrogens is 326 g/mol. The first-order valence-corrected chi connectivity index (χ1v) is 6.80. The van der Waals surface area contributed by atoms with Crippen molar-refractivity contribution in [2.75, 3.05) is 0 Å². The highest BCUT2D eigenvalue weighted by molar-refractivity contribution is 6.37. The van der Waals surface area contributed by atoms with Crippen molar-refractivity contribution in [3.8, 4) is 5.75 Å². The molecule has 0 spiro atoms. The average Bonchev–Trinajstić information content (AvgIpc) is 2.39. The third-order valence-corrected chi connectivity index (χ3v) is 3.54. The van der Waals surface area contributed by atoms with Crippen LogP contribution in [0, 0.1) is 5.82 Å². The van der Waals surface area contributed by atoms with Gasteiger partial charge in [-0.1, -0.05) is 40.9 Å². The van der Waals surface area contributed by atoms with Gasteiger partial charge in [0.15, 0.2) is 5.75 Å². The molecule has 0 heterocycles. The molecule has 20 heavy (non-hydrogen) atoms. The number of ether oxygens (including phenoxy) is 1. The lowest BCUT2D eigenvalue weighted by Crippen LogP contribution is -1.98. The zero-order chi connectivity index (χ0) is 14.7. The Kier molecular flexibility index (Phi) is 5.11. The highest BCUT2D eigenvalue weighted by Gasteiger charge is 2.11. The van der Waals surface area contributed by atoms with Crippen LogP contribution in [0.25, 0.3) is 0 Å². The van der Waals surface area contributed by atoms with Crippen molar-refractivity contribution in [1.29, 1.82) is 0 Å².